The summed E-state index contributed by atoms with van der Waals surface area (Å²) in [5.74, 6) is -1.23. The highest BCUT2D eigenvalue weighted by molar-refractivity contribution is 6.76. The van der Waals surface area contributed by atoms with Crippen molar-refractivity contribution in [2.24, 2.45) is 0 Å². The van der Waals surface area contributed by atoms with Crippen LogP contribution in [-0.4, -0.2) is 15.6 Å². The van der Waals surface area contributed by atoms with E-state index in [2.05, 4.69) is 10.6 Å². The Hall–Kier alpha value is -2.27. The number of hydrogen-bond donors (Lipinski definition) is 2. The Bertz CT molecular complexity index is 978. The average Bonchev–Trinajstić information content (AvgIpc) is 2.61. The maximum atomic E-state index is 12.7. The summed E-state index contributed by atoms with van der Waals surface area (Å²) >= 11 is 16.7. The standard InChI is InChI=1S/C19H13Cl3N2O2/c20-19(21,22)18(26)24-16-10-4-3-9-14(16)17(25)23-15-11-5-7-12-6-1-2-8-13(12)15/h1-11H,(H,23,25)(H,24,26). The van der Waals surface area contributed by atoms with Gasteiger partial charge in [0.25, 0.3) is 15.6 Å². The SMILES string of the molecule is O=C(Nc1cccc2ccccc12)c1ccccc1NC(=O)C(Cl)(Cl)Cl. The van der Waals surface area contributed by atoms with Gasteiger partial charge in [-0.2, -0.15) is 0 Å². The fourth-order valence-corrected chi connectivity index (χ4v) is 2.65. The lowest BCUT2D eigenvalue weighted by Gasteiger charge is -2.15. The van der Waals surface area contributed by atoms with Gasteiger partial charge < -0.3 is 10.6 Å². The lowest BCUT2D eigenvalue weighted by Crippen LogP contribution is -2.28. The van der Waals surface area contributed by atoms with E-state index in [9.17, 15) is 9.59 Å². The number of benzene rings is 3. The van der Waals surface area contributed by atoms with E-state index in [-0.39, 0.29) is 17.2 Å². The number of hydrogen-bond acceptors (Lipinski definition) is 2. The van der Waals surface area contributed by atoms with Crippen LogP contribution in [0.4, 0.5) is 11.4 Å². The van der Waals surface area contributed by atoms with Crippen LogP contribution in [0.2, 0.25) is 0 Å². The second-order valence-electron chi connectivity index (χ2n) is 5.48. The van der Waals surface area contributed by atoms with Crippen LogP contribution in [0.3, 0.4) is 0 Å². The fourth-order valence-electron chi connectivity index (χ4n) is 2.51. The van der Waals surface area contributed by atoms with Gasteiger partial charge in [-0.25, -0.2) is 0 Å². The van der Waals surface area contributed by atoms with Gasteiger partial charge in [0.05, 0.1) is 11.3 Å². The Kier molecular flexibility index (Phi) is 5.37. The molecule has 3 rings (SSSR count). The smallest absolute Gasteiger partial charge is 0.276 e. The summed E-state index contributed by atoms with van der Waals surface area (Å²) in [5.41, 5.74) is 1.17. The highest BCUT2D eigenvalue weighted by atomic mass is 35.6. The van der Waals surface area contributed by atoms with E-state index in [0.717, 1.165) is 10.8 Å². The molecule has 2 amide bonds. The molecule has 0 aliphatic heterocycles. The lowest BCUT2D eigenvalue weighted by molar-refractivity contribution is -0.115. The number of rotatable bonds is 3. The number of nitrogens with one attached hydrogen (secondary N) is 2. The second-order valence-corrected chi connectivity index (χ2v) is 7.76. The van der Waals surface area contributed by atoms with Gasteiger partial charge >= 0.3 is 0 Å². The zero-order chi connectivity index (χ0) is 18.7. The van der Waals surface area contributed by atoms with E-state index in [4.69, 9.17) is 34.8 Å². The highest BCUT2D eigenvalue weighted by Crippen LogP contribution is 2.29. The molecule has 0 aliphatic rings. The van der Waals surface area contributed by atoms with Crippen LogP contribution in [0.15, 0.2) is 66.7 Å². The van der Waals surface area contributed by atoms with Crippen LogP contribution in [0.5, 0.6) is 0 Å². The fraction of sp³-hybridized carbons (Fsp3) is 0.0526. The van der Waals surface area contributed by atoms with E-state index in [1.54, 1.807) is 24.3 Å². The van der Waals surface area contributed by atoms with Crippen LogP contribution in [-0.2, 0) is 4.79 Å². The topological polar surface area (TPSA) is 58.2 Å². The van der Waals surface area contributed by atoms with Crippen molar-refractivity contribution in [2.45, 2.75) is 3.79 Å². The predicted octanol–water partition coefficient (Wildman–Crippen LogP) is 5.40. The molecule has 0 aromatic heterocycles. The van der Waals surface area contributed by atoms with Crippen molar-refractivity contribution in [3.63, 3.8) is 0 Å². The number of para-hydroxylation sites is 1. The molecule has 0 bridgehead atoms. The summed E-state index contributed by atoms with van der Waals surface area (Å²) in [7, 11) is 0. The molecule has 0 fully saturated rings. The first kappa shape index (κ1) is 18.5. The van der Waals surface area contributed by atoms with Crippen LogP contribution in [0.25, 0.3) is 10.8 Å². The molecule has 26 heavy (non-hydrogen) atoms. The van der Waals surface area contributed by atoms with Gasteiger partial charge in [-0.1, -0.05) is 83.3 Å². The molecular formula is C19H13Cl3N2O2. The van der Waals surface area contributed by atoms with Crippen LogP contribution < -0.4 is 10.6 Å². The number of halogens is 3. The van der Waals surface area contributed by atoms with Gasteiger partial charge in [-0.3, -0.25) is 9.59 Å². The predicted molar refractivity (Wildman–Crippen MR) is 107 cm³/mol. The molecule has 4 nitrogen and oxygen atoms in total. The van der Waals surface area contributed by atoms with Gasteiger partial charge in [0, 0.05) is 11.1 Å². The molecule has 0 saturated heterocycles. The van der Waals surface area contributed by atoms with Crippen molar-refractivity contribution < 1.29 is 9.59 Å². The Morgan fingerprint density at radius 1 is 0.731 bits per heavy atom. The molecule has 0 spiro atoms. The number of amides is 2. The first-order chi connectivity index (χ1) is 12.4. The molecule has 3 aromatic carbocycles. The number of anilines is 2. The van der Waals surface area contributed by atoms with E-state index in [0.29, 0.717) is 5.69 Å². The quantitative estimate of drug-likeness (QED) is 0.571. The lowest BCUT2D eigenvalue weighted by atomic mass is 10.1. The Morgan fingerprint density at radius 3 is 2.12 bits per heavy atom. The summed E-state index contributed by atoms with van der Waals surface area (Å²) in [4.78, 5) is 24.7. The largest absolute Gasteiger partial charge is 0.322 e. The van der Waals surface area contributed by atoms with Crippen molar-refractivity contribution in [1.82, 2.24) is 0 Å². The first-order valence-electron chi connectivity index (χ1n) is 7.62. The van der Waals surface area contributed by atoms with Crippen molar-refractivity contribution >= 4 is 68.8 Å². The third-order valence-electron chi connectivity index (χ3n) is 3.72. The number of fused-ring (bicyclic) bond motifs is 1. The van der Waals surface area contributed by atoms with Crippen LogP contribution in [0.1, 0.15) is 10.4 Å². The Labute approximate surface area is 165 Å². The zero-order valence-corrected chi connectivity index (χ0v) is 15.6. The number of carbonyl (C=O) groups excluding carboxylic acids is 2. The number of alkyl halides is 3. The van der Waals surface area contributed by atoms with Crippen molar-refractivity contribution in [2.75, 3.05) is 10.6 Å². The molecule has 2 N–H and O–H groups in total. The minimum absolute atomic E-state index is 0.251. The molecule has 0 radical (unpaired) electrons. The molecule has 3 aromatic rings. The van der Waals surface area contributed by atoms with Crippen molar-refractivity contribution in [3.05, 3.63) is 72.3 Å². The maximum Gasteiger partial charge on any atom is 0.276 e. The average molecular weight is 408 g/mol. The Morgan fingerprint density at radius 2 is 1.35 bits per heavy atom. The summed E-state index contributed by atoms with van der Waals surface area (Å²) in [6.07, 6.45) is 0. The summed E-state index contributed by atoms with van der Waals surface area (Å²) in [6, 6.07) is 19.8. The van der Waals surface area contributed by atoms with Gasteiger partial charge in [-0.05, 0) is 23.6 Å². The molecule has 0 saturated carbocycles. The molecule has 7 heteroatoms. The van der Waals surface area contributed by atoms with E-state index in [1.165, 1.54) is 0 Å². The summed E-state index contributed by atoms with van der Waals surface area (Å²) in [5, 5.41) is 7.23. The van der Waals surface area contributed by atoms with Crippen LogP contribution >= 0.6 is 34.8 Å². The van der Waals surface area contributed by atoms with Crippen molar-refractivity contribution in [1.29, 1.82) is 0 Å². The maximum absolute atomic E-state index is 12.7. The highest BCUT2D eigenvalue weighted by Gasteiger charge is 2.31. The zero-order valence-electron chi connectivity index (χ0n) is 13.3. The molecule has 0 atom stereocenters. The van der Waals surface area contributed by atoms with Gasteiger partial charge in [0.15, 0.2) is 0 Å². The molecule has 0 heterocycles. The van der Waals surface area contributed by atoms with Gasteiger partial charge in [0.1, 0.15) is 0 Å². The third kappa shape index (κ3) is 4.10. The monoisotopic (exact) mass is 406 g/mol. The molecule has 132 valence electrons. The minimum Gasteiger partial charge on any atom is -0.322 e. The van der Waals surface area contributed by atoms with E-state index < -0.39 is 9.70 Å². The van der Waals surface area contributed by atoms with E-state index >= 15 is 0 Å². The van der Waals surface area contributed by atoms with Gasteiger partial charge in [-0.15, -0.1) is 0 Å². The summed E-state index contributed by atoms with van der Waals surface area (Å²) < 4.78 is -2.13. The molecular weight excluding hydrogens is 395 g/mol. The van der Waals surface area contributed by atoms with Crippen molar-refractivity contribution in [3.8, 4) is 0 Å². The summed E-state index contributed by atoms with van der Waals surface area (Å²) in [6.45, 7) is 0. The number of carbonyl (C=O) groups is 2. The molecule has 0 unspecified atom stereocenters. The minimum atomic E-state index is -2.13. The first-order valence-corrected chi connectivity index (χ1v) is 8.76. The van der Waals surface area contributed by atoms with E-state index in [1.807, 2.05) is 42.5 Å². The molecule has 0 aliphatic carbocycles. The second kappa shape index (κ2) is 7.54. The van der Waals surface area contributed by atoms with Gasteiger partial charge in [0.2, 0.25) is 0 Å². The normalized spacial score (nSPS) is 11.2. The Balaban J connectivity index is 1.90. The van der Waals surface area contributed by atoms with Crippen LogP contribution in [0, 0.1) is 0 Å². The third-order valence-corrected chi connectivity index (χ3v) is 4.23.